The number of carbonyl (C=O) groups excluding carboxylic acids is 2. The number of rotatable bonds is 7. The fourth-order valence-electron chi connectivity index (χ4n) is 3.44. The first-order valence-corrected chi connectivity index (χ1v) is 8.99. The number of hydrogen-bond acceptors (Lipinski definition) is 5. The third kappa shape index (κ3) is 3.47. The predicted octanol–water partition coefficient (Wildman–Crippen LogP) is 3.30. The SMILES string of the molecule is CCCCC1=NCC(C=O)(Cc2ccc(C(=O)OC)c3ccccc23)N1. The Balaban J connectivity index is 1.92. The molecule has 0 saturated heterocycles. The van der Waals surface area contributed by atoms with Gasteiger partial charge in [-0.3, -0.25) is 4.99 Å². The van der Waals surface area contributed by atoms with Crippen LogP contribution >= 0.6 is 0 Å². The number of nitrogens with one attached hydrogen (secondary N) is 1. The third-order valence-electron chi connectivity index (χ3n) is 4.86. The normalized spacial score (nSPS) is 19.1. The summed E-state index contributed by atoms with van der Waals surface area (Å²) in [5.74, 6) is 0.552. The van der Waals surface area contributed by atoms with Crippen molar-refractivity contribution in [1.82, 2.24) is 5.32 Å². The first kappa shape index (κ1) is 18.1. The quantitative estimate of drug-likeness (QED) is 0.613. The number of nitrogens with zero attached hydrogens (tertiary/aromatic N) is 1. The standard InChI is InChI=1S/C21H24N2O3/c1-3-4-9-19-22-13-21(14-24,23-19)12-15-10-11-18(20(25)26-2)17-8-6-5-7-16(15)17/h5-8,10-11,14H,3-4,9,12-13H2,1-2H3,(H,22,23). The van der Waals surface area contributed by atoms with Crippen molar-refractivity contribution < 1.29 is 14.3 Å². The van der Waals surface area contributed by atoms with Gasteiger partial charge in [-0.1, -0.05) is 43.7 Å². The molecule has 5 heteroatoms. The average molecular weight is 352 g/mol. The van der Waals surface area contributed by atoms with Crippen LogP contribution in [-0.2, 0) is 16.0 Å². The number of unbranched alkanes of at least 4 members (excludes halogenated alkanes) is 1. The van der Waals surface area contributed by atoms with Gasteiger partial charge in [0, 0.05) is 12.8 Å². The van der Waals surface area contributed by atoms with Crippen molar-refractivity contribution in [1.29, 1.82) is 0 Å². The Morgan fingerprint density at radius 1 is 1.27 bits per heavy atom. The Morgan fingerprint density at radius 2 is 2.04 bits per heavy atom. The molecule has 1 N–H and O–H groups in total. The maximum Gasteiger partial charge on any atom is 0.338 e. The molecule has 1 atom stereocenters. The first-order chi connectivity index (χ1) is 12.6. The lowest BCUT2D eigenvalue weighted by molar-refractivity contribution is -0.112. The van der Waals surface area contributed by atoms with E-state index in [0.717, 1.165) is 47.7 Å². The van der Waals surface area contributed by atoms with Crippen LogP contribution < -0.4 is 5.32 Å². The molecule has 2 aromatic carbocycles. The number of esters is 1. The van der Waals surface area contributed by atoms with Crippen LogP contribution in [0.5, 0.6) is 0 Å². The molecule has 0 fully saturated rings. The smallest absolute Gasteiger partial charge is 0.338 e. The van der Waals surface area contributed by atoms with Gasteiger partial charge < -0.3 is 14.8 Å². The molecule has 2 aromatic rings. The van der Waals surface area contributed by atoms with Gasteiger partial charge in [0.1, 0.15) is 11.8 Å². The van der Waals surface area contributed by atoms with Crippen molar-refractivity contribution in [2.24, 2.45) is 4.99 Å². The van der Waals surface area contributed by atoms with Crippen molar-refractivity contribution in [3.8, 4) is 0 Å². The van der Waals surface area contributed by atoms with E-state index in [1.165, 1.54) is 7.11 Å². The summed E-state index contributed by atoms with van der Waals surface area (Å²) in [4.78, 5) is 28.5. The molecule has 136 valence electrons. The zero-order valence-electron chi connectivity index (χ0n) is 15.2. The second-order valence-electron chi connectivity index (χ2n) is 6.75. The molecule has 0 radical (unpaired) electrons. The summed E-state index contributed by atoms with van der Waals surface area (Å²) >= 11 is 0. The number of fused-ring (bicyclic) bond motifs is 1. The molecule has 1 heterocycles. The van der Waals surface area contributed by atoms with Gasteiger partial charge in [0.2, 0.25) is 0 Å². The summed E-state index contributed by atoms with van der Waals surface area (Å²) < 4.78 is 4.88. The highest BCUT2D eigenvalue weighted by molar-refractivity contribution is 6.05. The van der Waals surface area contributed by atoms with Crippen LogP contribution in [0.25, 0.3) is 10.8 Å². The van der Waals surface area contributed by atoms with E-state index in [0.29, 0.717) is 18.5 Å². The van der Waals surface area contributed by atoms with E-state index in [9.17, 15) is 9.59 Å². The topological polar surface area (TPSA) is 67.8 Å². The van der Waals surface area contributed by atoms with Gasteiger partial charge in [-0.25, -0.2) is 4.79 Å². The molecule has 0 spiro atoms. The molecular weight excluding hydrogens is 328 g/mol. The van der Waals surface area contributed by atoms with E-state index in [1.807, 2.05) is 30.3 Å². The number of ether oxygens (including phenoxy) is 1. The summed E-state index contributed by atoms with van der Waals surface area (Å²) in [6.07, 6.45) is 4.51. The van der Waals surface area contributed by atoms with Crippen molar-refractivity contribution >= 4 is 28.9 Å². The van der Waals surface area contributed by atoms with Gasteiger partial charge in [-0.2, -0.15) is 0 Å². The summed E-state index contributed by atoms with van der Waals surface area (Å²) in [7, 11) is 1.38. The zero-order valence-corrected chi connectivity index (χ0v) is 15.2. The zero-order chi connectivity index (χ0) is 18.6. The van der Waals surface area contributed by atoms with Gasteiger partial charge in [-0.05, 0) is 28.8 Å². The Bertz CT molecular complexity index is 859. The highest BCUT2D eigenvalue weighted by Crippen LogP contribution is 2.27. The fourth-order valence-corrected chi connectivity index (χ4v) is 3.44. The number of aldehydes is 1. The van der Waals surface area contributed by atoms with E-state index in [1.54, 1.807) is 6.07 Å². The number of aliphatic imine (C=N–C) groups is 1. The van der Waals surface area contributed by atoms with Crippen LogP contribution in [0.15, 0.2) is 41.4 Å². The third-order valence-corrected chi connectivity index (χ3v) is 4.86. The maximum atomic E-state index is 12.0. The van der Waals surface area contributed by atoms with Crippen molar-refractivity contribution in [2.45, 2.75) is 38.1 Å². The molecule has 1 aliphatic rings. The van der Waals surface area contributed by atoms with E-state index in [-0.39, 0.29) is 5.97 Å². The lowest BCUT2D eigenvalue weighted by Gasteiger charge is -2.24. The molecule has 0 amide bonds. The summed E-state index contributed by atoms with van der Waals surface area (Å²) in [6, 6.07) is 11.4. The minimum absolute atomic E-state index is 0.359. The summed E-state index contributed by atoms with van der Waals surface area (Å²) in [5, 5.41) is 5.14. The van der Waals surface area contributed by atoms with Crippen LogP contribution in [0.3, 0.4) is 0 Å². The molecule has 3 rings (SSSR count). The minimum atomic E-state index is -0.710. The number of amidine groups is 1. The Kier molecular flexibility index (Phi) is 5.35. The number of carbonyl (C=O) groups is 2. The molecule has 0 saturated carbocycles. The van der Waals surface area contributed by atoms with Crippen LogP contribution in [0, 0.1) is 0 Å². The molecule has 0 aromatic heterocycles. The van der Waals surface area contributed by atoms with E-state index >= 15 is 0 Å². The van der Waals surface area contributed by atoms with Gasteiger partial charge in [0.15, 0.2) is 0 Å². The van der Waals surface area contributed by atoms with Crippen LogP contribution in [0.2, 0.25) is 0 Å². The molecule has 5 nitrogen and oxygen atoms in total. The number of methoxy groups -OCH3 is 1. The molecule has 0 aliphatic carbocycles. The number of benzene rings is 2. The second-order valence-corrected chi connectivity index (χ2v) is 6.75. The van der Waals surface area contributed by atoms with Gasteiger partial charge >= 0.3 is 5.97 Å². The summed E-state index contributed by atoms with van der Waals surface area (Å²) in [6.45, 7) is 2.58. The Morgan fingerprint density at radius 3 is 2.73 bits per heavy atom. The molecule has 1 aliphatic heterocycles. The second kappa shape index (κ2) is 7.68. The number of hydrogen-bond donors (Lipinski definition) is 1. The first-order valence-electron chi connectivity index (χ1n) is 8.99. The van der Waals surface area contributed by atoms with Crippen molar-refractivity contribution in [3.63, 3.8) is 0 Å². The van der Waals surface area contributed by atoms with Gasteiger partial charge in [-0.15, -0.1) is 0 Å². The summed E-state index contributed by atoms with van der Waals surface area (Å²) in [5.41, 5.74) is 0.838. The Labute approximate surface area is 153 Å². The van der Waals surface area contributed by atoms with Gasteiger partial charge in [0.05, 0.1) is 25.1 Å². The molecule has 0 bridgehead atoms. The predicted molar refractivity (Wildman–Crippen MR) is 103 cm³/mol. The van der Waals surface area contributed by atoms with E-state index < -0.39 is 5.54 Å². The highest BCUT2D eigenvalue weighted by atomic mass is 16.5. The lowest BCUT2D eigenvalue weighted by Crippen LogP contribution is -2.49. The lowest BCUT2D eigenvalue weighted by atomic mass is 9.88. The molecule has 26 heavy (non-hydrogen) atoms. The van der Waals surface area contributed by atoms with Crippen LogP contribution in [0.1, 0.15) is 42.1 Å². The minimum Gasteiger partial charge on any atom is -0.465 e. The van der Waals surface area contributed by atoms with E-state index in [2.05, 4.69) is 17.2 Å². The van der Waals surface area contributed by atoms with Crippen LogP contribution in [-0.4, -0.2) is 37.3 Å². The highest BCUT2D eigenvalue weighted by Gasteiger charge is 2.35. The van der Waals surface area contributed by atoms with E-state index in [4.69, 9.17) is 4.74 Å². The maximum absolute atomic E-state index is 12.0. The average Bonchev–Trinajstić information content (AvgIpc) is 3.09. The fraction of sp³-hybridized carbons (Fsp3) is 0.381. The molecular formula is C21H24N2O3. The van der Waals surface area contributed by atoms with Gasteiger partial charge in [0.25, 0.3) is 0 Å². The van der Waals surface area contributed by atoms with Crippen molar-refractivity contribution in [3.05, 3.63) is 47.5 Å². The monoisotopic (exact) mass is 352 g/mol. The van der Waals surface area contributed by atoms with Crippen molar-refractivity contribution in [2.75, 3.05) is 13.7 Å². The largest absolute Gasteiger partial charge is 0.465 e. The van der Waals surface area contributed by atoms with Crippen LogP contribution in [0.4, 0.5) is 0 Å². The molecule has 1 unspecified atom stereocenters. The Hall–Kier alpha value is -2.69.